The van der Waals surface area contributed by atoms with Crippen molar-refractivity contribution in [2.75, 3.05) is 67.0 Å². The quantitative estimate of drug-likeness (QED) is 0.593. The van der Waals surface area contributed by atoms with Gasteiger partial charge in [0.2, 0.25) is 0 Å². The van der Waals surface area contributed by atoms with E-state index in [2.05, 4.69) is 48.1 Å². The van der Waals surface area contributed by atoms with Crippen LogP contribution in [0.25, 0.3) is 0 Å². The molecule has 140 valence electrons. The lowest BCUT2D eigenvalue weighted by Gasteiger charge is -2.37. The number of para-hydroxylation sites is 1. The van der Waals surface area contributed by atoms with E-state index in [1.54, 1.807) is 0 Å². The molecular weight excluding hydrogens is 314 g/mol. The lowest BCUT2D eigenvalue weighted by molar-refractivity contribution is 0.119. The molecular formula is C19H33N5O. The maximum atomic E-state index is 5.79. The molecule has 2 rings (SSSR count). The summed E-state index contributed by atoms with van der Waals surface area (Å²) in [5, 5.41) is 3.38. The summed E-state index contributed by atoms with van der Waals surface area (Å²) in [7, 11) is 6.44. The van der Waals surface area contributed by atoms with Gasteiger partial charge in [0.05, 0.1) is 13.1 Å². The van der Waals surface area contributed by atoms with Gasteiger partial charge in [0.15, 0.2) is 5.96 Å². The summed E-state index contributed by atoms with van der Waals surface area (Å²) in [5.41, 5.74) is 0. The number of rotatable bonds is 7. The lowest BCUT2D eigenvalue weighted by Crippen LogP contribution is -2.51. The van der Waals surface area contributed by atoms with Crippen molar-refractivity contribution in [2.24, 2.45) is 4.99 Å². The van der Waals surface area contributed by atoms with Gasteiger partial charge >= 0.3 is 0 Å². The Morgan fingerprint density at radius 1 is 1.28 bits per heavy atom. The molecule has 6 nitrogen and oxygen atoms in total. The number of benzene rings is 1. The van der Waals surface area contributed by atoms with Crippen molar-refractivity contribution in [3.05, 3.63) is 30.3 Å². The fourth-order valence-electron chi connectivity index (χ4n) is 2.88. The first-order valence-electron chi connectivity index (χ1n) is 9.16. The van der Waals surface area contributed by atoms with Crippen molar-refractivity contribution in [3.63, 3.8) is 0 Å². The first kappa shape index (κ1) is 19.5. The Bertz CT molecular complexity index is 522. The molecule has 1 aliphatic rings. The first-order chi connectivity index (χ1) is 12.1. The fraction of sp³-hybridized carbons (Fsp3) is 0.632. The highest BCUT2D eigenvalue weighted by Crippen LogP contribution is 2.08. The third-order valence-electron chi connectivity index (χ3n) is 4.57. The van der Waals surface area contributed by atoms with Crippen molar-refractivity contribution in [2.45, 2.75) is 13.0 Å². The Balaban J connectivity index is 1.84. The largest absolute Gasteiger partial charge is 0.492 e. The zero-order valence-corrected chi connectivity index (χ0v) is 16.1. The number of guanidine groups is 1. The van der Waals surface area contributed by atoms with Crippen molar-refractivity contribution >= 4 is 5.96 Å². The van der Waals surface area contributed by atoms with Crippen LogP contribution in [0.2, 0.25) is 0 Å². The minimum atomic E-state index is 0.473. The Kier molecular flexibility index (Phi) is 8.01. The molecule has 1 heterocycles. The van der Waals surface area contributed by atoms with Crippen LogP contribution in [0, 0.1) is 0 Å². The number of piperazine rings is 1. The highest BCUT2D eigenvalue weighted by Gasteiger charge is 2.22. The van der Waals surface area contributed by atoms with Crippen molar-refractivity contribution < 1.29 is 4.74 Å². The van der Waals surface area contributed by atoms with Crippen molar-refractivity contribution in [1.82, 2.24) is 20.0 Å². The maximum absolute atomic E-state index is 5.79. The van der Waals surface area contributed by atoms with E-state index in [0.29, 0.717) is 12.6 Å². The molecule has 1 unspecified atom stereocenters. The van der Waals surface area contributed by atoms with Gasteiger partial charge in [-0.05, 0) is 33.2 Å². The molecule has 0 radical (unpaired) electrons. The summed E-state index contributed by atoms with van der Waals surface area (Å²) in [6, 6.07) is 10.4. The van der Waals surface area contributed by atoms with Gasteiger partial charge in [-0.25, -0.2) is 0 Å². The third-order valence-corrected chi connectivity index (χ3v) is 4.57. The van der Waals surface area contributed by atoms with Crippen LogP contribution in [0.5, 0.6) is 5.75 Å². The minimum absolute atomic E-state index is 0.473. The summed E-state index contributed by atoms with van der Waals surface area (Å²) in [4.78, 5) is 11.8. The van der Waals surface area contributed by atoms with Gasteiger partial charge in [0.25, 0.3) is 0 Å². The smallest absolute Gasteiger partial charge is 0.193 e. The van der Waals surface area contributed by atoms with Crippen molar-refractivity contribution in [3.8, 4) is 5.75 Å². The van der Waals surface area contributed by atoms with Gasteiger partial charge in [-0.3, -0.25) is 9.89 Å². The Morgan fingerprint density at radius 2 is 2.04 bits per heavy atom. The second-order valence-electron chi connectivity index (χ2n) is 6.67. The van der Waals surface area contributed by atoms with E-state index in [4.69, 9.17) is 9.73 Å². The zero-order chi connectivity index (χ0) is 18.1. The molecule has 6 heteroatoms. The van der Waals surface area contributed by atoms with E-state index in [1.807, 2.05) is 30.3 Å². The van der Waals surface area contributed by atoms with Gasteiger partial charge in [0.1, 0.15) is 12.4 Å². The van der Waals surface area contributed by atoms with E-state index in [1.165, 1.54) is 0 Å². The van der Waals surface area contributed by atoms with E-state index in [9.17, 15) is 0 Å². The fourth-order valence-corrected chi connectivity index (χ4v) is 2.88. The second-order valence-corrected chi connectivity index (χ2v) is 6.67. The standard InChI is InChI=1S/C19H33N5O/c1-5-20-19(21-15-17-16-22(2)11-12-23(17)3)24(4)13-14-25-18-9-7-6-8-10-18/h6-10,17H,5,11-16H2,1-4H3,(H,20,21). The third kappa shape index (κ3) is 6.55. The van der Waals surface area contributed by atoms with E-state index >= 15 is 0 Å². The van der Waals surface area contributed by atoms with Crippen LogP contribution >= 0.6 is 0 Å². The number of nitrogens with zero attached hydrogens (tertiary/aromatic N) is 4. The monoisotopic (exact) mass is 347 g/mol. The van der Waals surface area contributed by atoms with Gasteiger partial charge in [-0.2, -0.15) is 0 Å². The van der Waals surface area contributed by atoms with Crippen LogP contribution in [-0.4, -0.2) is 93.7 Å². The van der Waals surface area contributed by atoms with Crippen LogP contribution < -0.4 is 10.1 Å². The molecule has 0 spiro atoms. The summed E-state index contributed by atoms with van der Waals surface area (Å²) < 4.78 is 5.79. The van der Waals surface area contributed by atoms with Crippen molar-refractivity contribution in [1.29, 1.82) is 0 Å². The molecule has 25 heavy (non-hydrogen) atoms. The van der Waals surface area contributed by atoms with Crippen LogP contribution in [-0.2, 0) is 0 Å². The summed E-state index contributed by atoms with van der Waals surface area (Å²) in [5.74, 6) is 1.85. The SMILES string of the molecule is CCNC(=NCC1CN(C)CCN1C)N(C)CCOc1ccccc1. The topological polar surface area (TPSA) is 43.3 Å². The molecule has 1 aliphatic heterocycles. The number of nitrogens with one attached hydrogen (secondary N) is 1. The summed E-state index contributed by atoms with van der Waals surface area (Å²) in [6.07, 6.45) is 0. The predicted octanol–water partition coefficient (Wildman–Crippen LogP) is 1.21. The molecule has 0 saturated carbocycles. The molecule has 1 saturated heterocycles. The van der Waals surface area contributed by atoms with E-state index in [0.717, 1.165) is 51.0 Å². The molecule has 1 fully saturated rings. The molecule has 1 aromatic carbocycles. The average Bonchev–Trinajstić information content (AvgIpc) is 2.62. The second kappa shape index (κ2) is 10.3. The molecule has 1 atom stereocenters. The Morgan fingerprint density at radius 3 is 2.76 bits per heavy atom. The number of hydrogen-bond acceptors (Lipinski definition) is 4. The average molecular weight is 348 g/mol. The van der Waals surface area contributed by atoms with Crippen LogP contribution in [0.15, 0.2) is 35.3 Å². The summed E-state index contributed by atoms with van der Waals surface area (Å²) in [6.45, 7) is 8.51. The highest BCUT2D eigenvalue weighted by atomic mass is 16.5. The molecule has 1 N–H and O–H groups in total. The summed E-state index contributed by atoms with van der Waals surface area (Å²) >= 11 is 0. The Labute approximate surface area is 152 Å². The Hall–Kier alpha value is -1.79. The minimum Gasteiger partial charge on any atom is -0.492 e. The zero-order valence-electron chi connectivity index (χ0n) is 16.1. The molecule has 0 bridgehead atoms. The molecule has 0 amide bonds. The molecule has 0 aromatic heterocycles. The number of ether oxygens (including phenoxy) is 1. The van der Waals surface area contributed by atoms with E-state index < -0.39 is 0 Å². The van der Waals surface area contributed by atoms with Gasteiger partial charge < -0.3 is 19.9 Å². The highest BCUT2D eigenvalue weighted by molar-refractivity contribution is 5.79. The van der Waals surface area contributed by atoms with Gasteiger partial charge in [-0.1, -0.05) is 18.2 Å². The molecule has 0 aliphatic carbocycles. The van der Waals surface area contributed by atoms with Crippen LogP contribution in [0.4, 0.5) is 0 Å². The van der Waals surface area contributed by atoms with Gasteiger partial charge in [-0.15, -0.1) is 0 Å². The lowest BCUT2D eigenvalue weighted by atomic mass is 10.2. The maximum Gasteiger partial charge on any atom is 0.193 e. The van der Waals surface area contributed by atoms with Gasteiger partial charge in [0, 0.05) is 39.3 Å². The number of aliphatic imine (C=N–C) groups is 1. The van der Waals surface area contributed by atoms with Crippen LogP contribution in [0.1, 0.15) is 6.92 Å². The first-order valence-corrected chi connectivity index (χ1v) is 9.16. The predicted molar refractivity (Wildman–Crippen MR) is 104 cm³/mol. The molecule has 1 aromatic rings. The number of likely N-dealkylation sites (N-methyl/N-ethyl adjacent to an activating group) is 3. The number of hydrogen-bond donors (Lipinski definition) is 1. The normalized spacial score (nSPS) is 19.7. The van der Waals surface area contributed by atoms with E-state index in [-0.39, 0.29) is 0 Å². The van der Waals surface area contributed by atoms with Crippen LogP contribution in [0.3, 0.4) is 0 Å².